The van der Waals surface area contributed by atoms with Gasteiger partial charge in [0.1, 0.15) is 0 Å². The average Bonchev–Trinajstić information content (AvgIpc) is 3.09. The highest BCUT2D eigenvalue weighted by atomic mass is 35.5. The minimum Gasteiger partial charge on any atom is -0.346 e. The number of rotatable bonds is 5. The third-order valence-electron chi connectivity index (χ3n) is 6.54. The lowest BCUT2D eigenvalue weighted by Gasteiger charge is -2.34. The smallest absolute Gasteiger partial charge is 0.239 e. The molecule has 3 unspecified atom stereocenters. The van der Waals surface area contributed by atoms with Gasteiger partial charge in [0.05, 0.1) is 6.04 Å². The van der Waals surface area contributed by atoms with E-state index in [0.717, 1.165) is 51.7 Å². The molecule has 3 atom stereocenters. The maximum absolute atomic E-state index is 12.9. The van der Waals surface area contributed by atoms with Gasteiger partial charge in [-0.05, 0) is 44.4 Å². The van der Waals surface area contributed by atoms with E-state index in [9.17, 15) is 9.59 Å². The number of nitrogens with zero attached hydrogens (tertiary/aromatic N) is 2. The normalized spacial score (nSPS) is 29.0. The second-order valence-electron chi connectivity index (χ2n) is 8.32. The number of nitrogens with one attached hydrogen (secondary N) is 1. The number of hydrogen-bond acceptors (Lipinski definition) is 3. The minimum absolute atomic E-state index is 0. The minimum atomic E-state index is 0. The average molecular weight is 386 g/mol. The molecule has 0 aromatic rings. The zero-order valence-corrected chi connectivity index (χ0v) is 17.2. The second-order valence-corrected chi connectivity index (χ2v) is 8.32. The van der Waals surface area contributed by atoms with Crippen molar-refractivity contribution in [2.45, 2.75) is 76.8 Å². The first kappa shape index (κ1) is 21.5. The number of unbranched alkanes of at least 4 members (excludes halogenated alkanes) is 1. The molecule has 0 radical (unpaired) electrons. The lowest BCUT2D eigenvalue weighted by Crippen LogP contribution is -2.49. The van der Waals surface area contributed by atoms with Crippen LogP contribution in [0.4, 0.5) is 0 Å². The van der Waals surface area contributed by atoms with Gasteiger partial charge in [-0.15, -0.1) is 12.4 Å². The Morgan fingerprint density at radius 2 is 1.81 bits per heavy atom. The van der Waals surface area contributed by atoms with E-state index in [0.29, 0.717) is 12.0 Å². The van der Waals surface area contributed by atoms with E-state index in [1.165, 1.54) is 25.7 Å². The summed E-state index contributed by atoms with van der Waals surface area (Å²) in [5, 5.41) is 3.60. The van der Waals surface area contributed by atoms with Crippen LogP contribution in [0.15, 0.2) is 0 Å². The van der Waals surface area contributed by atoms with Crippen molar-refractivity contribution in [2.75, 3.05) is 26.7 Å². The van der Waals surface area contributed by atoms with E-state index >= 15 is 0 Å². The van der Waals surface area contributed by atoms with Gasteiger partial charge in [-0.3, -0.25) is 9.59 Å². The lowest BCUT2D eigenvalue weighted by molar-refractivity contribution is -0.140. The highest BCUT2D eigenvalue weighted by molar-refractivity contribution is 5.85. The number of hydrogen-bond donors (Lipinski definition) is 1. The van der Waals surface area contributed by atoms with Crippen LogP contribution < -0.4 is 5.32 Å². The van der Waals surface area contributed by atoms with Crippen molar-refractivity contribution >= 4 is 24.2 Å². The number of carbonyl (C=O) groups is 2. The monoisotopic (exact) mass is 385 g/mol. The Kier molecular flexibility index (Phi) is 8.21. The molecular weight excluding hydrogens is 350 g/mol. The van der Waals surface area contributed by atoms with Gasteiger partial charge in [-0.1, -0.05) is 26.2 Å². The van der Waals surface area contributed by atoms with Crippen molar-refractivity contribution in [3.8, 4) is 0 Å². The van der Waals surface area contributed by atoms with Crippen LogP contribution in [-0.2, 0) is 9.59 Å². The molecule has 150 valence electrons. The molecular formula is C20H36ClN3O2. The molecule has 0 bridgehead atoms. The Morgan fingerprint density at radius 3 is 2.46 bits per heavy atom. The van der Waals surface area contributed by atoms with Crippen LogP contribution in [0.5, 0.6) is 0 Å². The molecule has 1 saturated carbocycles. The Morgan fingerprint density at radius 1 is 1.12 bits per heavy atom. The van der Waals surface area contributed by atoms with Gasteiger partial charge in [0.25, 0.3) is 0 Å². The molecule has 2 saturated heterocycles. The predicted octanol–water partition coefficient (Wildman–Crippen LogP) is 2.83. The molecule has 3 rings (SSSR count). The van der Waals surface area contributed by atoms with Crippen LogP contribution in [0.25, 0.3) is 0 Å². The SMILES string of the molecule is CCCCN(C)C(=O)C1CCN(C(=O)C2CC3CCCCC3N2)CC1.Cl. The molecule has 3 fully saturated rings. The highest BCUT2D eigenvalue weighted by Gasteiger charge is 2.40. The summed E-state index contributed by atoms with van der Waals surface area (Å²) in [7, 11) is 1.92. The third-order valence-corrected chi connectivity index (χ3v) is 6.54. The first-order chi connectivity index (χ1) is 12.1. The number of halogens is 1. The number of amides is 2. The summed E-state index contributed by atoms with van der Waals surface area (Å²) < 4.78 is 0. The molecule has 0 spiro atoms. The number of piperidine rings is 1. The van der Waals surface area contributed by atoms with Gasteiger partial charge in [0.2, 0.25) is 11.8 Å². The molecule has 2 amide bonds. The molecule has 0 aromatic carbocycles. The Hall–Kier alpha value is -0.810. The van der Waals surface area contributed by atoms with Crippen molar-refractivity contribution in [2.24, 2.45) is 11.8 Å². The van der Waals surface area contributed by atoms with Crippen LogP contribution in [0.3, 0.4) is 0 Å². The molecule has 0 aromatic heterocycles. The summed E-state index contributed by atoms with van der Waals surface area (Å²) in [5.41, 5.74) is 0. The van der Waals surface area contributed by atoms with Gasteiger partial charge >= 0.3 is 0 Å². The van der Waals surface area contributed by atoms with Crippen LogP contribution in [0.2, 0.25) is 0 Å². The Labute approximate surface area is 164 Å². The molecule has 2 heterocycles. The molecule has 1 aliphatic carbocycles. The lowest BCUT2D eigenvalue weighted by atomic mass is 9.85. The fourth-order valence-corrected chi connectivity index (χ4v) is 4.89. The van der Waals surface area contributed by atoms with E-state index in [4.69, 9.17) is 0 Å². The van der Waals surface area contributed by atoms with E-state index in [1.807, 2.05) is 16.8 Å². The molecule has 2 aliphatic heterocycles. The van der Waals surface area contributed by atoms with Gasteiger partial charge in [0, 0.05) is 38.6 Å². The fourth-order valence-electron chi connectivity index (χ4n) is 4.89. The van der Waals surface area contributed by atoms with E-state index < -0.39 is 0 Å². The summed E-state index contributed by atoms with van der Waals surface area (Å²) in [6.07, 6.45) is 9.97. The van der Waals surface area contributed by atoms with Crippen LogP contribution >= 0.6 is 12.4 Å². The van der Waals surface area contributed by atoms with Crippen LogP contribution in [0, 0.1) is 11.8 Å². The zero-order valence-electron chi connectivity index (χ0n) is 16.4. The standard InChI is InChI=1S/C20H35N3O2.ClH/c1-3-4-11-22(2)19(24)15-9-12-23(13-10-15)20(25)18-14-16-7-5-6-8-17(16)21-18;/h15-18,21H,3-14H2,1-2H3;1H. The van der Waals surface area contributed by atoms with Gasteiger partial charge < -0.3 is 15.1 Å². The molecule has 26 heavy (non-hydrogen) atoms. The third kappa shape index (κ3) is 4.92. The van der Waals surface area contributed by atoms with Crippen molar-refractivity contribution in [3.63, 3.8) is 0 Å². The maximum atomic E-state index is 12.9. The van der Waals surface area contributed by atoms with Crippen molar-refractivity contribution in [1.82, 2.24) is 15.1 Å². The number of likely N-dealkylation sites (tertiary alicyclic amines) is 1. The topological polar surface area (TPSA) is 52.7 Å². The van der Waals surface area contributed by atoms with Crippen LogP contribution in [-0.4, -0.2) is 60.4 Å². The first-order valence-corrected chi connectivity index (χ1v) is 10.4. The van der Waals surface area contributed by atoms with E-state index in [-0.39, 0.29) is 36.2 Å². The van der Waals surface area contributed by atoms with Crippen molar-refractivity contribution in [1.29, 1.82) is 0 Å². The second kappa shape index (κ2) is 9.93. The molecule has 3 aliphatic rings. The molecule has 6 heteroatoms. The summed E-state index contributed by atoms with van der Waals surface area (Å²) in [6, 6.07) is 0.585. The Balaban J connectivity index is 0.00000243. The summed E-state index contributed by atoms with van der Waals surface area (Å²) >= 11 is 0. The van der Waals surface area contributed by atoms with Gasteiger partial charge in [0.15, 0.2) is 0 Å². The van der Waals surface area contributed by atoms with Crippen molar-refractivity contribution < 1.29 is 9.59 Å². The maximum Gasteiger partial charge on any atom is 0.239 e. The van der Waals surface area contributed by atoms with Crippen LogP contribution in [0.1, 0.15) is 64.7 Å². The summed E-state index contributed by atoms with van der Waals surface area (Å²) in [5.74, 6) is 1.35. The summed E-state index contributed by atoms with van der Waals surface area (Å²) in [4.78, 5) is 29.3. The molecule has 1 N–H and O–H groups in total. The highest BCUT2D eigenvalue weighted by Crippen LogP contribution is 2.34. The predicted molar refractivity (Wildman–Crippen MR) is 106 cm³/mol. The quantitative estimate of drug-likeness (QED) is 0.791. The van der Waals surface area contributed by atoms with Crippen molar-refractivity contribution in [3.05, 3.63) is 0 Å². The molecule has 5 nitrogen and oxygen atoms in total. The van der Waals surface area contributed by atoms with E-state index in [2.05, 4.69) is 12.2 Å². The Bertz CT molecular complexity index is 466. The summed E-state index contributed by atoms with van der Waals surface area (Å²) in [6.45, 7) is 4.48. The fraction of sp³-hybridized carbons (Fsp3) is 0.900. The van der Waals surface area contributed by atoms with E-state index in [1.54, 1.807) is 0 Å². The number of carbonyl (C=O) groups excluding carboxylic acids is 2. The largest absolute Gasteiger partial charge is 0.346 e. The van der Waals surface area contributed by atoms with Gasteiger partial charge in [-0.25, -0.2) is 0 Å². The number of fused-ring (bicyclic) bond motifs is 1. The first-order valence-electron chi connectivity index (χ1n) is 10.4. The zero-order chi connectivity index (χ0) is 17.8. The van der Waals surface area contributed by atoms with Gasteiger partial charge in [-0.2, -0.15) is 0 Å².